The largest absolute Gasteiger partial charge is 0.262 e. The second-order valence-corrected chi connectivity index (χ2v) is 4.60. The lowest BCUT2D eigenvalue weighted by Gasteiger charge is -2.29. The zero-order valence-corrected chi connectivity index (χ0v) is 11.3. The molecule has 4 nitrogen and oxygen atoms in total. The number of hydrogen-bond acceptors (Lipinski definition) is 3. The maximum Gasteiger partial charge on any atom is 0.161 e. The van der Waals surface area contributed by atoms with Gasteiger partial charge in [-0.25, -0.2) is 4.98 Å². The average molecular weight is 254 g/mol. The summed E-state index contributed by atoms with van der Waals surface area (Å²) < 4.78 is 0. The van der Waals surface area contributed by atoms with Gasteiger partial charge in [0.1, 0.15) is 5.82 Å². The van der Waals surface area contributed by atoms with Crippen LogP contribution in [0.4, 0.5) is 0 Å². The average Bonchev–Trinajstić information content (AvgIpc) is 2.92. The summed E-state index contributed by atoms with van der Waals surface area (Å²) in [7, 11) is 0. The summed E-state index contributed by atoms with van der Waals surface area (Å²) in [5.74, 6) is 1.42. The van der Waals surface area contributed by atoms with E-state index in [1.165, 1.54) is 5.56 Å². The minimum Gasteiger partial charge on any atom is -0.262 e. The summed E-state index contributed by atoms with van der Waals surface area (Å²) in [6.45, 7) is 4.30. The predicted octanol–water partition coefficient (Wildman–Crippen LogP) is 2.98. The van der Waals surface area contributed by atoms with Crippen LogP contribution in [0.15, 0.2) is 30.3 Å². The normalized spacial score (nSPS) is 11.2. The minimum atomic E-state index is -0.175. The van der Waals surface area contributed by atoms with E-state index in [9.17, 15) is 0 Å². The molecule has 0 fully saturated rings. The minimum absolute atomic E-state index is 0.175. The predicted molar refractivity (Wildman–Crippen MR) is 73.5 cm³/mol. The second kappa shape index (κ2) is 5.66. The Morgan fingerprint density at radius 3 is 2.47 bits per heavy atom. The van der Waals surface area contributed by atoms with Crippen LogP contribution < -0.4 is 0 Å². The van der Waals surface area contributed by atoms with E-state index in [0.29, 0.717) is 5.82 Å². The van der Waals surface area contributed by atoms with Gasteiger partial charge in [0.2, 0.25) is 0 Å². The lowest BCUT2D eigenvalue weighted by Crippen LogP contribution is -2.27. The SMILES string of the molecule is CCC(CC)(c1ccccc1)c1n[nH]c(CC#N)n1. The zero-order chi connectivity index (χ0) is 13.7. The standard InChI is InChI=1S/C15H18N4/c1-3-15(4-2,12-8-6-5-7-9-12)14-17-13(10-11-16)18-19-14/h5-9H,3-4,10H2,1-2H3,(H,17,18,19). The Kier molecular flexibility index (Phi) is 3.96. The van der Waals surface area contributed by atoms with Crippen molar-refractivity contribution in [2.75, 3.05) is 0 Å². The fraction of sp³-hybridized carbons (Fsp3) is 0.400. The van der Waals surface area contributed by atoms with Crippen LogP contribution in [0.1, 0.15) is 43.9 Å². The van der Waals surface area contributed by atoms with Crippen LogP contribution in [0.3, 0.4) is 0 Å². The highest BCUT2D eigenvalue weighted by Crippen LogP contribution is 2.36. The third-order valence-electron chi connectivity index (χ3n) is 3.74. The number of H-pyrrole nitrogens is 1. The fourth-order valence-electron chi connectivity index (χ4n) is 2.52. The Balaban J connectivity index is 2.47. The van der Waals surface area contributed by atoms with E-state index in [1.54, 1.807) is 0 Å². The van der Waals surface area contributed by atoms with Crippen molar-refractivity contribution in [2.45, 2.75) is 38.5 Å². The van der Waals surface area contributed by atoms with Crippen LogP contribution >= 0.6 is 0 Å². The Bertz CT molecular complexity index is 561. The molecule has 2 aromatic rings. The number of nitrogens with zero attached hydrogens (tertiary/aromatic N) is 3. The fourth-order valence-corrected chi connectivity index (χ4v) is 2.52. The summed E-state index contributed by atoms with van der Waals surface area (Å²) >= 11 is 0. The van der Waals surface area contributed by atoms with Crippen molar-refractivity contribution < 1.29 is 0 Å². The molecule has 98 valence electrons. The molecule has 0 bridgehead atoms. The van der Waals surface area contributed by atoms with Crippen LogP contribution in [0.25, 0.3) is 0 Å². The molecule has 0 radical (unpaired) electrons. The van der Waals surface area contributed by atoms with Gasteiger partial charge in [-0.1, -0.05) is 44.2 Å². The zero-order valence-electron chi connectivity index (χ0n) is 11.3. The summed E-state index contributed by atoms with van der Waals surface area (Å²) in [6, 6.07) is 12.4. The quantitative estimate of drug-likeness (QED) is 0.892. The second-order valence-electron chi connectivity index (χ2n) is 4.60. The monoisotopic (exact) mass is 254 g/mol. The Hall–Kier alpha value is -2.15. The van der Waals surface area contributed by atoms with Crippen LogP contribution in [-0.2, 0) is 11.8 Å². The van der Waals surface area contributed by atoms with Gasteiger partial charge < -0.3 is 0 Å². The molecule has 0 aliphatic heterocycles. The van der Waals surface area contributed by atoms with Gasteiger partial charge in [-0.15, -0.1) is 0 Å². The van der Waals surface area contributed by atoms with Crippen molar-refractivity contribution in [1.82, 2.24) is 15.2 Å². The molecule has 0 atom stereocenters. The summed E-state index contributed by atoms with van der Waals surface area (Å²) in [4.78, 5) is 4.50. The van der Waals surface area contributed by atoms with Crippen LogP contribution in [0, 0.1) is 11.3 Å². The first kappa shape index (κ1) is 13.3. The number of rotatable bonds is 5. The summed E-state index contributed by atoms with van der Waals surface area (Å²) in [6.07, 6.45) is 2.13. The molecule has 0 saturated heterocycles. The number of nitrogens with one attached hydrogen (secondary N) is 1. The Labute approximate surface area is 113 Å². The molecule has 0 amide bonds. The van der Waals surface area contributed by atoms with E-state index < -0.39 is 0 Å². The van der Waals surface area contributed by atoms with Gasteiger partial charge in [0.25, 0.3) is 0 Å². The van der Waals surface area contributed by atoms with Crippen molar-refractivity contribution in [3.8, 4) is 6.07 Å². The number of aromatic amines is 1. The first-order valence-electron chi connectivity index (χ1n) is 6.61. The number of nitriles is 1. The highest BCUT2D eigenvalue weighted by atomic mass is 15.2. The van der Waals surface area contributed by atoms with Crippen molar-refractivity contribution in [1.29, 1.82) is 5.26 Å². The van der Waals surface area contributed by atoms with E-state index in [4.69, 9.17) is 5.26 Å². The molecule has 0 spiro atoms. The molecule has 0 aliphatic carbocycles. The molecule has 1 aromatic carbocycles. The molecule has 1 heterocycles. The maximum atomic E-state index is 8.73. The molecular formula is C15H18N4. The molecule has 19 heavy (non-hydrogen) atoms. The Morgan fingerprint density at radius 1 is 1.21 bits per heavy atom. The lowest BCUT2D eigenvalue weighted by atomic mass is 9.75. The lowest BCUT2D eigenvalue weighted by molar-refractivity contribution is 0.450. The first-order chi connectivity index (χ1) is 9.26. The van der Waals surface area contributed by atoms with Crippen molar-refractivity contribution in [3.63, 3.8) is 0 Å². The smallest absolute Gasteiger partial charge is 0.161 e. The molecule has 0 unspecified atom stereocenters. The van der Waals surface area contributed by atoms with E-state index in [0.717, 1.165) is 18.7 Å². The van der Waals surface area contributed by atoms with Crippen LogP contribution in [0.5, 0.6) is 0 Å². The van der Waals surface area contributed by atoms with Gasteiger partial charge in [-0.2, -0.15) is 10.4 Å². The number of aromatic nitrogens is 3. The molecular weight excluding hydrogens is 236 g/mol. The molecule has 4 heteroatoms. The third kappa shape index (κ3) is 2.37. The maximum absolute atomic E-state index is 8.73. The van der Waals surface area contributed by atoms with Crippen molar-refractivity contribution >= 4 is 0 Å². The summed E-state index contributed by atoms with van der Waals surface area (Å²) in [5, 5.41) is 15.9. The molecule has 2 rings (SSSR count). The van der Waals surface area contributed by atoms with E-state index in [-0.39, 0.29) is 11.8 Å². The van der Waals surface area contributed by atoms with E-state index in [2.05, 4.69) is 47.2 Å². The van der Waals surface area contributed by atoms with Gasteiger partial charge in [-0.05, 0) is 18.4 Å². The van der Waals surface area contributed by atoms with Gasteiger partial charge in [0.15, 0.2) is 5.82 Å². The third-order valence-corrected chi connectivity index (χ3v) is 3.74. The van der Waals surface area contributed by atoms with E-state index >= 15 is 0 Å². The van der Waals surface area contributed by atoms with Gasteiger partial charge >= 0.3 is 0 Å². The molecule has 1 aromatic heterocycles. The van der Waals surface area contributed by atoms with Crippen molar-refractivity contribution in [3.05, 3.63) is 47.5 Å². The van der Waals surface area contributed by atoms with Crippen LogP contribution in [-0.4, -0.2) is 15.2 Å². The van der Waals surface area contributed by atoms with Gasteiger partial charge in [0, 0.05) is 0 Å². The number of hydrogen-bond donors (Lipinski definition) is 1. The highest BCUT2D eigenvalue weighted by Gasteiger charge is 2.34. The number of benzene rings is 1. The molecule has 0 aliphatic rings. The van der Waals surface area contributed by atoms with Crippen molar-refractivity contribution in [2.24, 2.45) is 0 Å². The topological polar surface area (TPSA) is 65.4 Å². The molecule has 0 saturated carbocycles. The Morgan fingerprint density at radius 2 is 1.89 bits per heavy atom. The highest BCUT2D eigenvalue weighted by molar-refractivity contribution is 5.32. The summed E-state index contributed by atoms with van der Waals surface area (Å²) in [5.41, 5.74) is 1.05. The van der Waals surface area contributed by atoms with E-state index in [1.807, 2.05) is 18.2 Å². The van der Waals surface area contributed by atoms with Gasteiger partial charge in [-0.3, -0.25) is 5.10 Å². The van der Waals surface area contributed by atoms with Crippen LogP contribution in [0.2, 0.25) is 0 Å². The van der Waals surface area contributed by atoms with Gasteiger partial charge in [0.05, 0.1) is 17.9 Å². The molecule has 1 N–H and O–H groups in total. The first-order valence-corrected chi connectivity index (χ1v) is 6.61.